The molecule has 2 aliphatic heterocycles. The molecule has 8 aromatic rings. The van der Waals surface area contributed by atoms with Crippen LogP contribution in [-0.2, 0) is 10.8 Å². The number of hydrogen-bond donors (Lipinski definition) is 0. The minimum Gasteiger partial charge on any atom is -0.457 e. The molecule has 7 heteroatoms. The normalized spacial score (nSPS) is 15.2. The number of benzene rings is 6. The van der Waals surface area contributed by atoms with E-state index in [1.807, 2.05) is 42.6 Å². The van der Waals surface area contributed by atoms with Crippen LogP contribution in [0.1, 0.15) is 58.4 Å². The Labute approximate surface area is 324 Å². The molecule has 1 aliphatic carbocycles. The van der Waals surface area contributed by atoms with E-state index in [-0.39, 0.29) is 5.41 Å². The molecular weight excluding hydrogens is 689 g/mol. The van der Waals surface area contributed by atoms with Gasteiger partial charge in [-0.15, -0.1) is 0 Å². The Balaban J connectivity index is 1.16. The number of hydrogen-bond acceptors (Lipinski definition) is 6. The summed E-state index contributed by atoms with van der Waals surface area (Å²) < 4.78 is 9.02. The molecule has 0 saturated carbocycles. The topological polar surface area (TPSA) is 81.1 Å². The average molecular weight is 723 g/mol. The number of anilines is 3. The summed E-state index contributed by atoms with van der Waals surface area (Å²) in [6.07, 6.45) is 1.82. The first-order valence-electron chi connectivity index (χ1n) is 18.8. The first kappa shape index (κ1) is 32.1. The van der Waals surface area contributed by atoms with Gasteiger partial charge in [0, 0.05) is 41.6 Å². The second-order valence-electron chi connectivity index (χ2n) is 15.6. The number of nitrogens with zero attached hydrogens (tertiary/aromatic N) is 6. The van der Waals surface area contributed by atoms with Crippen LogP contribution in [-0.4, -0.2) is 23.3 Å². The molecule has 0 fully saturated rings. The molecule has 0 saturated heterocycles. The molecule has 2 aromatic heterocycles. The van der Waals surface area contributed by atoms with Crippen LogP contribution in [0.5, 0.6) is 11.5 Å². The highest BCUT2D eigenvalue weighted by atomic mass is 16.5. The van der Waals surface area contributed by atoms with Gasteiger partial charge in [-0.05, 0) is 100 Å². The molecule has 4 heterocycles. The Morgan fingerprint density at radius 2 is 1.29 bits per heavy atom. The van der Waals surface area contributed by atoms with Crippen LogP contribution in [0.4, 0.5) is 17.1 Å². The summed E-state index contributed by atoms with van der Waals surface area (Å²) >= 11 is 0. The van der Waals surface area contributed by atoms with E-state index in [0.717, 1.165) is 83.8 Å². The molecule has 0 amide bonds. The number of para-hydroxylation sites is 2. The highest BCUT2D eigenvalue weighted by Gasteiger charge is 2.55. The van der Waals surface area contributed by atoms with Crippen molar-refractivity contribution in [3.8, 4) is 29.5 Å². The molecule has 0 unspecified atom stereocenters. The summed E-state index contributed by atoms with van der Waals surface area (Å²) in [6, 6.07) is 50.8. The van der Waals surface area contributed by atoms with Gasteiger partial charge in [-0.25, -0.2) is 4.98 Å². The van der Waals surface area contributed by atoms with Crippen molar-refractivity contribution in [2.24, 2.45) is 0 Å². The number of rotatable bonds is 3. The molecule has 56 heavy (non-hydrogen) atoms. The smallest absolute Gasteiger partial charge is 0.137 e. The van der Waals surface area contributed by atoms with E-state index in [4.69, 9.17) is 9.72 Å². The maximum atomic E-state index is 10.3. The maximum absolute atomic E-state index is 10.3. The summed E-state index contributed by atoms with van der Waals surface area (Å²) in [5, 5.41) is 22.9. The van der Waals surface area contributed by atoms with Crippen molar-refractivity contribution < 1.29 is 4.74 Å². The SMILES string of the molecule is CN1CN2c3cc(Oc4ccc5c6ccccc6n(-c6ccccn6)c5c4)ccc3C3(c4cc(C#N)ccc4C(C)(C)c4ccc(C#N)cc43)c3cccc1c32. The zero-order chi connectivity index (χ0) is 37.9. The number of fused-ring (bicyclic) bond motifs is 11. The zero-order valence-electron chi connectivity index (χ0n) is 31.1. The lowest BCUT2D eigenvalue weighted by Crippen LogP contribution is -2.45. The highest BCUT2D eigenvalue weighted by molar-refractivity contribution is 6.09. The monoisotopic (exact) mass is 722 g/mol. The van der Waals surface area contributed by atoms with Gasteiger partial charge in [0.05, 0.1) is 63.4 Å². The zero-order valence-corrected chi connectivity index (χ0v) is 31.1. The second-order valence-corrected chi connectivity index (χ2v) is 15.6. The standard InChI is InChI=1S/C49H34N6O/c1-48(2)36-19-14-30(27-50)23-40(36)49(41-24-31(28-51)15-20-37(41)48)38-21-17-33(26-45(38)54-29-53(3)43-12-8-10-39(49)47(43)54)56-32-16-18-35-34-9-4-5-11-42(34)55(44(35)25-32)46-13-6-7-22-52-46/h4-26H,29H2,1-3H3. The predicted octanol–water partition coefficient (Wildman–Crippen LogP) is 10.6. The van der Waals surface area contributed by atoms with Crippen LogP contribution in [0.3, 0.4) is 0 Å². The fourth-order valence-corrected chi connectivity index (χ4v) is 9.93. The quantitative estimate of drug-likeness (QED) is 0.181. The molecule has 266 valence electrons. The van der Waals surface area contributed by atoms with Crippen LogP contribution in [0, 0.1) is 22.7 Å². The highest BCUT2D eigenvalue weighted by Crippen LogP contribution is 2.64. The molecular formula is C49H34N6O. The average Bonchev–Trinajstić information content (AvgIpc) is 3.75. The van der Waals surface area contributed by atoms with Gasteiger partial charge in [0.15, 0.2) is 0 Å². The Kier molecular flexibility index (Phi) is 6.50. The van der Waals surface area contributed by atoms with E-state index in [1.165, 1.54) is 0 Å². The van der Waals surface area contributed by atoms with Crippen LogP contribution in [0.2, 0.25) is 0 Å². The Morgan fingerprint density at radius 1 is 0.607 bits per heavy atom. The van der Waals surface area contributed by atoms with E-state index < -0.39 is 5.41 Å². The third-order valence-electron chi connectivity index (χ3n) is 12.3. The van der Waals surface area contributed by atoms with Gasteiger partial charge in [0.1, 0.15) is 17.3 Å². The van der Waals surface area contributed by atoms with E-state index in [9.17, 15) is 10.5 Å². The van der Waals surface area contributed by atoms with Gasteiger partial charge in [0.25, 0.3) is 0 Å². The van der Waals surface area contributed by atoms with Gasteiger partial charge < -0.3 is 14.5 Å². The van der Waals surface area contributed by atoms with Crippen LogP contribution < -0.4 is 14.5 Å². The Hall–Kier alpha value is -7.35. The minimum absolute atomic E-state index is 0.386. The number of pyridine rings is 1. The van der Waals surface area contributed by atoms with Crippen molar-refractivity contribution in [2.75, 3.05) is 23.5 Å². The van der Waals surface area contributed by atoms with Crippen LogP contribution >= 0.6 is 0 Å². The lowest BCUT2D eigenvalue weighted by Gasteiger charge is -2.51. The second kappa shape index (κ2) is 11.3. The molecule has 6 aromatic carbocycles. The van der Waals surface area contributed by atoms with Gasteiger partial charge in [-0.3, -0.25) is 4.57 Å². The van der Waals surface area contributed by atoms with E-state index >= 15 is 0 Å². The van der Waals surface area contributed by atoms with Crippen molar-refractivity contribution >= 4 is 38.9 Å². The largest absolute Gasteiger partial charge is 0.457 e. The van der Waals surface area contributed by atoms with Crippen molar-refractivity contribution in [1.29, 1.82) is 10.5 Å². The molecule has 11 rings (SSSR count). The Bertz CT molecular complexity index is 3010. The van der Waals surface area contributed by atoms with Gasteiger partial charge in [-0.1, -0.05) is 68.4 Å². The maximum Gasteiger partial charge on any atom is 0.137 e. The first-order chi connectivity index (χ1) is 27.3. The minimum atomic E-state index is -0.816. The summed E-state index contributed by atoms with van der Waals surface area (Å²) in [5.74, 6) is 2.27. The molecule has 0 N–H and O–H groups in total. The molecule has 0 atom stereocenters. The van der Waals surface area contributed by atoms with E-state index in [0.29, 0.717) is 23.5 Å². The van der Waals surface area contributed by atoms with E-state index in [1.54, 1.807) is 0 Å². The summed E-state index contributed by atoms with van der Waals surface area (Å²) in [7, 11) is 2.13. The fraction of sp³-hybridized carbons (Fsp3) is 0.122. The van der Waals surface area contributed by atoms with Crippen molar-refractivity contribution in [3.63, 3.8) is 0 Å². The lowest BCUT2D eigenvalue weighted by molar-refractivity contribution is 0.482. The van der Waals surface area contributed by atoms with Gasteiger partial charge in [-0.2, -0.15) is 10.5 Å². The van der Waals surface area contributed by atoms with Crippen molar-refractivity contribution in [3.05, 3.63) is 184 Å². The van der Waals surface area contributed by atoms with Gasteiger partial charge in [0.2, 0.25) is 0 Å². The number of ether oxygens (including phenoxy) is 1. The molecule has 1 spiro atoms. The van der Waals surface area contributed by atoms with Crippen molar-refractivity contribution in [1.82, 2.24) is 9.55 Å². The first-order valence-corrected chi connectivity index (χ1v) is 18.8. The van der Waals surface area contributed by atoms with Crippen LogP contribution in [0.15, 0.2) is 140 Å². The summed E-state index contributed by atoms with van der Waals surface area (Å²) in [5.41, 5.74) is 12.1. The van der Waals surface area contributed by atoms with Gasteiger partial charge >= 0.3 is 0 Å². The van der Waals surface area contributed by atoms with Crippen molar-refractivity contribution in [2.45, 2.75) is 24.7 Å². The Morgan fingerprint density at radius 3 is 2.02 bits per heavy atom. The molecule has 7 nitrogen and oxygen atoms in total. The molecule has 0 bridgehead atoms. The summed E-state index contributed by atoms with van der Waals surface area (Å²) in [4.78, 5) is 9.39. The lowest BCUT2D eigenvalue weighted by atomic mass is 9.52. The molecule has 3 aliphatic rings. The molecule has 0 radical (unpaired) electrons. The van der Waals surface area contributed by atoms with E-state index in [2.05, 4.69) is 144 Å². The third kappa shape index (κ3) is 4.12. The van der Waals surface area contributed by atoms with Crippen LogP contribution in [0.25, 0.3) is 27.6 Å². The summed E-state index contributed by atoms with van der Waals surface area (Å²) in [6.45, 7) is 5.16. The third-order valence-corrected chi connectivity index (χ3v) is 12.3. The number of nitriles is 2. The predicted molar refractivity (Wildman–Crippen MR) is 220 cm³/mol. The fourth-order valence-electron chi connectivity index (χ4n) is 9.93. The number of aromatic nitrogens is 2.